The summed E-state index contributed by atoms with van der Waals surface area (Å²) in [6, 6.07) is 16.7. The third kappa shape index (κ3) is 4.11. The van der Waals surface area contributed by atoms with Gasteiger partial charge in [-0.25, -0.2) is 0 Å². The molecule has 1 aliphatic carbocycles. The van der Waals surface area contributed by atoms with Crippen molar-refractivity contribution in [3.8, 4) is 22.6 Å². The van der Waals surface area contributed by atoms with E-state index >= 15 is 0 Å². The van der Waals surface area contributed by atoms with Gasteiger partial charge in [-0.1, -0.05) is 42.5 Å². The molecule has 0 aromatic heterocycles. The summed E-state index contributed by atoms with van der Waals surface area (Å²) in [6.45, 7) is 0.405. The van der Waals surface area contributed by atoms with Gasteiger partial charge in [-0.05, 0) is 47.2 Å². The molecule has 4 nitrogen and oxygen atoms in total. The zero-order chi connectivity index (χ0) is 23.9. The molecular weight excluding hydrogens is 445 g/mol. The van der Waals surface area contributed by atoms with Crippen LogP contribution in [0, 0.1) is 0 Å². The maximum Gasteiger partial charge on any atom is 0.417 e. The van der Waals surface area contributed by atoms with Gasteiger partial charge in [-0.15, -0.1) is 0 Å². The summed E-state index contributed by atoms with van der Waals surface area (Å²) in [5.41, 5.74) is 2.88. The minimum absolute atomic E-state index is 0.0556. The summed E-state index contributed by atoms with van der Waals surface area (Å²) in [5, 5.41) is 0. The van der Waals surface area contributed by atoms with E-state index in [1.807, 2.05) is 24.3 Å². The van der Waals surface area contributed by atoms with Gasteiger partial charge in [-0.2, -0.15) is 13.2 Å². The number of alkyl halides is 3. The van der Waals surface area contributed by atoms with E-state index in [4.69, 9.17) is 14.2 Å². The van der Waals surface area contributed by atoms with E-state index in [1.54, 1.807) is 18.2 Å². The van der Waals surface area contributed by atoms with Crippen molar-refractivity contribution in [2.45, 2.75) is 37.5 Å². The van der Waals surface area contributed by atoms with Crippen LogP contribution in [0.2, 0.25) is 0 Å². The average molecular weight is 468 g/mol. The number of methoxy groups -OCH3 is 1. The van der Waals surface area contributed by atoms with E-state index in [2.05, 4.69) is 0 Å². The number of esters is 1. The Bertz CT molecular complexity index is 1230. The molecule has 0 bridgehead atoms. The van der Waals surface area contributed by atoms with Gasteiger partial charge in [0.25, 0.3) is 0 Å². The Hall–Kier alpha value is -3.48. The van der Waals surface area contributed by atoms with E-state index in [0.717, 1.165) is 22.8 Å². The Kier molecular flexibility index (Phi) is 5.71. The molecule has 2 atom stereocenters. The van der Waals surface area contributed by atoms with Gasteiger partial charge in [-0.3, -0.25) is 4.79 Å². The Morgan fingerprint density at radius 3 is 2.62 bits per heavy atom. The minimum Gasteiger partial charge on any atom is -0.492 e. The molecule has 0 spiro atoms. The molecule has 0 saturated carbocycles. The molecule has 176 valence electrons. The fraction of sp³-hybridized carbons (Fsp3) is 0.296. The van der Waals surface area contributed by atoms with E-state index in [1.165, 1.54) is 19.2 Å². The average Bonchev–Trinajstić information content (AvgIpc) is 3.42. The van der Waals surface area contributed by atoms with Crippen LogP contribution in [-0.4, -0.2) is 19.7 Å². The summed E-state index contributed by atoms with van der Waals surface area (Å²) >= 11 is 0. The molecule has 0 saturated heterocycles. The second kappa shape index (κ2) is 8.70. The third-order valence-electron chi connectivity index (χ3n) is 6.52. The van der Waals surface area contributed by atoms with Crippen molar-refractivity contribution in [3.05, 3.63) is 82.9 Å². The lowest BCUT2D eigenvalue weighted by Crippen LogP contribution is -2.09. The van der Waals surface area contributed by atoms with Crippen LogP contribution in [0.15, 0.2) is 60.7 Å². The Morgan fingerprint density at radius 1 is 1.03 bits per heavy atom. The number of carbonyl (C=O) groups is 1. The maximum atomic E-state index is 13.6. The summed E-state index contributed by atoms with van der Waals surface area (Å²) in [7, 11) is 1.36. The first kappa shape index (κ1) is 22.3. The van der Waals surface area contributed by atoms with Crippen molar-refractivity contribution in [1.82, 2.24) is 0 Å². The zero-order valence-corrected chi connectivity index (χ0v) is 18.5. The number of benzene rings is 3. The summed E-state index contributed by atoms with van der Waals surface area (Å²) in [4.78, 5) is 11.6. The van der Waals surface area contributed by atoms with Gasteiger partial charge in [0.2, 0.25) is 0 Å². The maximum absolute atomic E-state index is 13.6. The smallest absolute Gasteiger partial charge is 0.417 e. The van der Waals surface area contributed by atoms with Crippen molar-refractivity contribution in [2.24, 2.45) is 0 Å². The molecular formula is C27H23F3O4. The third-order valence-corrected chi connectivity index (χ3v) is 6.52. The Labute approximate surface area is 195 Å². The van der Waals surface area contributed by atoms with Gasteiger partial charge in [0.1, 0.15) is 17.6 Å². The lowest BCUT2D eigenvalue weighted by atomic mass is 9.93. The molecule has 5 rings (SSSR count). The van der Waals surface area contributed by atoms with Gasteiger partial charge >= 0.3 is 12.1 Å². The second-order valence-electron chi connectivity index (χ2n) is 8.55. The number of rotatable bonds is 5. The van der Waals surface area contributed by atoms with Crippen molar-refractivity contribution in [2.75, 3.05) is 13.7 Å². The van der Waals surface area contributed by atoms with Crippen molar-refractivity contribution in [1.29, 1.82) is 0 Å². The Morgan fingerprint density at radius 2 is 1.82 bits per heavy atom. The van der Waals surface area contributed by atoms with Crippen LogP contribution in [-0.2, 0) is 22.1 Å². The van der Waals surface area contributed by atoms with Crippen LogP contribution < -0.4 is 9.47 Å². The predicted molar refractivity (Wildman–Crippen MR) is 120 cm³/mol. The van der Waals surface area contributed by atoms with Gasteiger partial charge in [0.05, 0.1) is 25.7 Å². The number of carbonyl (C=O) groups excluding carboxylic acids is 1. The Balaban J connectivity index is 1.40. The molecule has 34 heavy (non-hydrogen) atoms. The fourth-order valence-electron chi connectivity index (χ4n) is 4.90. The summed E-state index contributed by atoms with van der Waals surface area (Å²) in [5.74, 6) is 0.959. The van der Waals surface area contributed by atoms with Gasteiger partial charge in [0, 0.05) is 17.5 Å². The zero-order valence-electron chi connectivity index (χ0n) is 18.5. The van der Waals surface area contributed by atoms with E-state index in [-0.39, 0.29) is 30.0 Å². The molecule has 3 aromatic rings. The predicted octanol–water partition coefficient (Wildman–Crippen LogP) is 6.48. The van der Waals surface area contributed by atoms with Crippen LogP contribution in [0.4, 0.5) is 13.2 Å². The monoisotopic (exact) mass is 468 g/mol. The highest BCUT2D eigenvalue weighted by Gasteiger charge is 2.35. The molecule has 0 radical (unpaired) electrons. The highest BCUT2D eigenvalue weighted by atomic mass is 19.4. The minimum atomic E-state index is -4.43. The number of ether oxygens (including phenoxy) is 3. The highest BCUT2D eigenvalue weighted by Crippen LogP contribution is 2.45. The van der Waals surface area contributed by atoms with E-state index < -0.39 is 11.7 Å². The lowest BCUT2D eigenvalue weighted by molar-refractivity contribution is -0.141. The number of halogens is 3. The van der Waals surface area contributed by atoms with Gasteiger partial charge in [0.15, 0.2) is 0 Å². The topological polar surface area (TPSA) is 44.8 Å². The first-order valence-electron chi connectivity index (χ1n) is 11.1. The SMILES string of the molecule is COC(=O)CC1COc2cc(O[C@@H]3CCc4c(-c5ccccc5C(F)(F)F)cccc43)ccc21. The van der Waals surface area contributed by atoms with Crippen molar-refractivity contribution >= 4 is 5.97 Å². The molecule has 3 aromatic carbocycles. The summed E-state index contributed by atoms with van der Waals surface area (Å²) in [6.07, 6.45) is -3.14. The van der Waals surface area contributed by atoms with E-state index in [9.17, 15) is 18.0 Å². The van der Waals surface area contributed by atoms with Crippen molar-refractivity contribution < 1.29 is 32.2 Å². The normalized spacial score (nSPS) is 18.7. The van der Waals surface area contributed by atoms with Gasteiger partial charge < -0.3 is 14.2 Å². The quantitative estimate of drug-likeness (QED) is 0.402. The fourth-order valence-corrected chi connectivity index (χ4v) is 4.90. The molecule has 7 heteroatoms. The number of fused-ring (bicyclic) bond motifs is 2. The second-order valence-corrected chi connectivity index (χ2v) is 8.55. The first-order valence-corrected chi connectivity index (χ1v) is 11.1. The molecule has 0 fully saturated rings. The first-order chi connectivity index (χ1) is 16.3. The molecule has 0 amide bonds. The van der Waals surface area contributed by atoms with Crippen LogP contribution in [0.3, 0.4) is 0 Å². The molecule has 0 N–H and O–H groups in total. The number of hydrogen-bond acceptors (Lipinski definition) is 4. The lowest BCUT2D eigenvalue weighted by Gasteiger charge is -2.18. The number of hydrogen-bond donors (Lipinski definition) is 0. The van der Waals surface area contributed by atoms with Crippen LogP contribution in [0.1, 0.15) is 47.1 Å². The highest BCUT2D eigenvalue weighted by molar-refractivity contribution is 5.73. The van der Waals surface area contributed by atoms with Crippen LogP contribution >= 0.6 is 0 Å². The summed E-state index contributed by atoms with van der Waals surface area (Å²) < 4.78 is 57.6. The van der Waals surface area contributed by atoms with Crippen LogP contribution in [0.5, 0.6) is 11.5 Å². The standard InChI is InChI=1S/C27H23F3O4/c1-32-26(31)13-16-15-33-25-14-17(9-10-18(16)25)34-24-12-11-20-19(6-4-7-22(20)24)21-5-2-3-8-23(21)27(28,29)30/h2-10,14,16,24H,11-13,15H2,1H3/t16?,24-/m1/s1. The molecule has 1 heterocycles. The molecule has 1 unspecified atom stereocenters. The molecule has 1 aliphatic heterocycles. The molecule has 2 aliphatic rings. The van der Waals surface area contributed by atoms with E-state index in [0.29, 0.717) is 36.5 Å². The van der Waals surface area contributed by atoms with Crippen molar-refractivity contribution in [3.63, 3.8) is 0 Å². The van der Waals surface area contributed by atoms with Crippen LogP contribution in [0.25, 0.3) is 11.1 Å². The largest absolute Gasteiger partial charge is 0.492 e.